The van der Waals surface area contributed by atoms with Crippen LogP contribution in [-0.4, -0.2) is 56.0 Å². The van der Waals surface area contributed by atoms with Gasteiger partial charge in [-0.05, 0) is 49.2 Å². The highest BCUT2D eigenvalue weighted by Crippen LogP contribution is 2.33. The van der Waals surface area contributed by atoms with E-state index in [-0.39, 0.29) is 18.4 Å². The molecule has 6 nitrogen and oxygen atoms in total. The predicted molar refractivity (Wildman–Crippen MR) is 119 cm³/mol. The van der Waals surface area contributed by atoms with Gasteiger partial charge in [0.1, 0.15) is 5.75 Å². The number of rotatable bonds is 5. The summed E-state index contributed by atoms with van der Waals surface area (Å²) in [6.07, 6.45) is 1.06. The molecule has 0 atom stereocenters. The van der Waals surface area contributed by atoms with Gasteiger partial charge in [-0.1, -0.05) is 23.7 Å². The number of hydrogen-bond donors (Lipinski definition) is 0. The van der Waals surface area contributed by atoms with Gasteiger partial charge in [0.15, 0.2) is 6.61 Å². The number of anilines is 2. The molecule has 2 aromatic rings. The van der Waals surface area contributed by atoms with Crippen molar-refractivity contribution in [2.45, 2.75) is 19.8 Å². The van der Waals surface area contributed by atoms with Gasteiger partial charge in [-0.2, -0.15) is 0 Å². The molecule has 0 bridgehead atoms. The number of aryl methyl sites for hydroxylation is 1. The van der Waals surface area contributed by atoms with E-state index in [0.29, 0.717) is 32.5 Å². The van der Waals surface area contributed by atoms with Gasteiger partial charge >= 0.3 is 0 Å². The van der Waals surface area contributed by atoms with Gasteiger partial charge in [0, 0.05) is 49.9 Å². The second kappa shape index (κ2) is 8.96. The first-order chi connectivity index (χ1) is 14.5. The average molecular weight is 428 g/mol. The summed E-state index contributed by atoms with van der Waals surface area (Å²) < 4.78 is 5.52. The lowest BCUT2D eigenvalue weighted by atomic mass is 10.1. The molecule has 0 N–H and O–H groups in total. The Kier molecular flexibility index (Phi) is 6.13. The monoisotopic (exact) mass is 427 g/mol. The molecule has 0 unspecified atom stereocenters. The molecule has 0 radical (unpaired) electrons. The molecule has 2 heterocycles. The summed E-state index contributed by atoms with van der Waals surface area (Å²) in [6, 6.07) is 13.6. The maximum atomic E-state index is 12.7. The van der Waals surface area contributed by atoms with E-state index in [2.05, 4.69) is 4.90 Å². The van der Waals surface area contributed by atoms with E-state index in [0.717, 1.165) is 40.8 Å². The Balaban J connectivity index is 1.28. The van der Waals surface area contributed by atoms with E-state index in [9.17, 15) is 9.59 Å². The number of carbonyl (C=O) groups is 2. The maximum absolute atomic E-state index is 12.7. The molecule has 158 valence electrons. The van der Waals surface area contributed by atoms with E-state index in [1.54, 1.807) is 4.90 Å². The van der Waals surface area contributed by atoms with E-state index >= 15 is 0 Å². The minimum atomic E-state index is -0.0596. The Morgan fingerprint density at radius 1 is 1.10 bits per heavy atom. The summed E-state index contributed by atoms with van der Waals surface area (Å²) in [5.74, 6) is 0.810. The summed E-state index contributed by atoms with van der Waals surface area (Å²) in [7, 11) is 0. The SMILES string of the molecule is Cc1ccc2c(c1)N(CCCC(=O)N1CCN(c3cccc(Cl)c3)CC1)C(=O)CO2. The molecule has 0 saturated carbocycles. The summed E-state index contributed by atoms with van der Waals surface area (Å²) in [5, 5.41) is 0.723. The summed E-state index contributed by atoms with van der Waals surface area (Å²) in [5.41, 5.74) is 2.97. The van der Waals surface area contributed by atoms with Gasteiger partial charge in [0.25, 0.3) is 5.91 Å². The molecule has 0 spiro atoms. The average Bonchev–Trinajstić information content (AvgIpc) is 2.75. The number of hydrogen-bond acceptors (Lipinski definition) is 4. The third-order valence-corrected chi connectivity index (χ3v) is 5.87. The van der Waals surface area contributed by atoms with E-state index < -0.39 is 0 Å². The molecule has 2 aliphatic rings. The fraction of sp³-hybridized carbons (Fsp3) is 0.391. The maximum Gasteiger partial charge on any atom is 0.265 e. The number of benzene rings is 2. The molecule has 2 aromatic carbocycles. The van der Waals surface area contributed by atoms with Crippen LogP contribution in [0.2, 0.25) is 5.02 Å². The van der Waals surface area contributed by atoms with E-state index in [1.807, 2.05) is 54.3 Å². The predicted octanol–water partition coefficient (Wildman–Crippen LogP) is 3.50. The Bertz CT molecular complexity index is 941. The van der Waals surface area contributed by atoms with Gasteiger partial charge in [-0.3, -0.25) is 9.59 Å². The van der Waals surface area contributed by atoms with Crippen molar-refractivity contribution in [3.05, 3.63) is 53.1 Å². The number of piperazine rings is 1. The van der Waals surface area contributed by atoms with E-state index in [1.165, 1.54) is 0 Å². The second-order valence-corrected chi connectivity index (χ2v) is 8.19. The van der Waals surface area contributed by atoms with Crippen LogP contribution in [0.1, 0.15) is 18.4 Å². The van der Waals surface area contributed by atoms with Crippen LogP contribution in [-0.2, 0) is 9.59 Å². The standard InChI is InChI=1S/C23H26ClN3O3/c1-17-7-8-21-20(14-17)27(23(29)16-30-21)9-3-6-22(28)26-12-10-25(11-13-26)19-5-2-4-18(24)15-19/h2,4-5,7-8,14-15H,3,6,9-13,16H2,1H3. The quantitative estimate of drug-likeness (QED) is 0.732. The lowest BCUT2D eigenvalue weighted by Crippen LogP contribution is -2.49. The Morgan fingerprint density at radius 2 is 1.90 bits per heavy atom. The van der Waals surface area contributed by atoms with Crippen LogP contribution in [0.15, 0.2) is 42.5 Å². The smallest absolute Gasteiger partial charge is 0.265 e. The van der Waals surface area contributed by atoms with Crippen molar-refractivity contribution >= 4 is 34.8 Å². The lowest BCUT2D eigenvalue weighted by Gasteiger charge is -2.36. The Morgan fingerprint density at radius 3 is 2.67 bits per heavy atom. The van der Waals surface area contributed by atoms with Crippen LogP contribution >= 0.6 is 11.6 Å². The summed E-state index contributed by atoms with van der Waals surface area (Å²) in [6.45, 7) is 5.54. The summed E-state index contributed by atoms with van der Waals surface area (Å²) in [4.78, 5) is 30.9. The zero-order valence-corrected chi connectivity index (χ0v) is 17.9. The van der Waals surface area contributed by atoms with Crippen molar-refractivity contribution in [1.29, 1.82) is 0 Å². The van der Waals surface area contributed by atoms with Crippen LogP contribution in [0.4, 0.5) is 11.4 Å². The first kappa shape index (κ1) is 20.5. The van der Waals surface area contributed by atoms with Crippen molar-refractivity contribution in [2.75, 3.05) is 49.1 Å². The topological polar surface area (TPSA) is 53.1 Å². The fourth-order valence-electron chi connectivity index (χ4n) is 3.99. The fourth-order valence-corrected chi connectivity index (χ4v) is 4.18. The lowest BCUT2D eigenvalue weighted by molar-refractivity contribution is -0.131. The number of nitrogens with zero attached hydrogens (tertiary/aromatic N) is 3. The number of halogens is 1. The van der Waals surface area contributed by atoms with Crippen LogP contribution < -0.4 is 14.5 Å². The molecule has 0 aromatic heterocycles. The molecule has 30 heavy (non-hydrogen) atoms. The molecule has 1 saturated heterocycles. The minimum absolute atomic E-state index is 0.0511. The molecule has 0 aliphatic carbocycles. The first-order valence-electron chi connectivity index (χ1n) is 10.3. The molecule has 2 amide bonds. The minimum Gasteiger partial charge on any atom is -0.482 e. The van der Waals surface area contributed by atoms with Crippen molar-refractivity contribution in [2.24, 2.45) is 0 Å². The van der Waals surface area contributed by atoms with Crippen molar-refractivity contribution in [1.82, 2.24) is 4.90 Å². The van der Waals surface area contributed by atoms with Gasteiger partial charge in [0.05, 0.1) is 5.69 Å². The van der Waals surface area contributed by atoms with Crippen molar-refractivity contribution in [3.8, 4) is 5.75 Å². The Hall–Kier alpha value is -2.73. The van der Waals surface area contributed by atoms with Crippen molar-refractivity contribution in [3.63, 3.8) is 0 Å². The van der Waals surface area contributed by atoms with Crippen LogP contribution in [0, 0.1) is 6.92 Å². The number of ether oxygens (including phenoxy) is 1. The van der Waals surface area contributed by atoms with Gasteiger partial charge in [0.2, 0.25) is 5.91 Å². The van der Waals surface area contributed by atoms with Crippen LogP contribution in [0.25, 0.3) is 0 Å². The Labute approximate surface area is 182 Å². The largest absolute Gasteiger partial charge is 0.482 e. The summed E-state index contributed by atoms with van der Waals surface area (Å²) >= 11 is 6.09. The zero-order valence-electron chi connectivity index (χ0n) is 17.1. The third kappa shape index (κ3) is 4.54. The molecule has 1 fully saturated rings. The highest BCUT2D eigenvalue weighted by Gasteiger charge is 2.26. The first-order valence-corrected chi connectivity index (χ1v) is 10.7. The molecular formula is C23H26ClN3O3. The van der Waals surface area contributed by atoms with Gasteiger partial charge in [-0.25, -0.2) is 0 Å². The van der Waals surface area contributed by atoms with Gasteiger partial charge < -0.3 is 19.4 Å². The highest BCUT2D eigenvalue weighted by atomic mass is 35.5. The van der Waals surface area contributed by atoms with Gasteiger partial charge in [-0.15, -0.1) is 0 Å². The molecule has 2 aliphatic heterocycles. The van der Waals surface area contributed by atoms with Crippen molar-refractivity contribution < 1.29 is 14.3 Å². The number of carbonyl (C=O) groups excluding carboxylic acids is 2. The zero-order chi connectivity index (χ0) is 21.1. The normalized spacial score (nSPS) is 16.3. The second-order valence-electron chi connectivity index (χ2n) is 7.76. The number of fused-ring (bicyclic) bond motifs is 1. The molecule has 4 rings (SSSR count). The molecule has 7 heteroatoms. The van der Waals surface area contributed by atoms with Crippen LogP contribution in [0.5, 0.6) is 5.75 Å². The van der Waals surface area contributed by atoms with E-state index in [4.69, 9.17) is 16.3 Å². The third-order valence-electron chi connectivity index (χ3n) is 5.64. The van der Waals surface area contributed by atoms with Crippen LogP contribution in [0.3, 0.4) is 0 Å². The number of amides is 2. The molecular weight excluding hydrogens is 402 g/mol. The highest BCUT2D eigenvalue weighted by molar-refractivity contribution is 6.30.